The Morgan fingerprint density at radius 3 is 2.59 bits per heavy atom. The smallest absolute Gasteiger partial charge is 0.185 e. The Hall–Kier alpha value is -0.470. The van der Waals surface area contributed by atoms with Crippen LogP contribution in [0.2, 0.25) is 5.02 Å². The molecule has 0 bridgehead atoms. The number of carbonyl (C=O) groups excluding carboxylic acids is 1. The third kappa shape index (κ3) is 6.75. The van der Waals surface area contributed by atoms with Crippen molar-refractivity contribution >= 4 is 28.5 Å². The number of aryl methyl sites for hydroxylation is 1. The zero-order chi connectivity index (χ0) is 12.5. The number of unbranched alkanes of at least 4 members (excludes halogenated alkanes) is 3. The standard InChI is InChI=1S/C14H19ClOS/c1-12(16)17-11-7-3-2-4-8-13-9-5-6-10-14(13)15/h5-6,9-10H,2-4,7-8,11H2,1H3. The van der Waals surface area contributed by atoms with Crippen molar-refractivity contribution in [3.63, 3.8) is 0 Å². The average molecular weight is 271 g/mol. The molecule has 0 fully saturated rings. The Kier molecular flexibility index (Phi) is 7.38. The molecule has 1 nitrogen and oxygen atoms in total. The highest BCUT2D eigenvalue weighted by Crippen LogP contribution is 2.18. The zero-order valence-corrected chi connectivity index (χ0v) is 11.8. The fourth-order valence-electron chi connectivity index (χ4n) is 1.69. The van der Waals surface area contributed by atoms with E-state index < -0.39 is 0 Å². The van der Waals surface area contributed by atoms with Crippen molar-refractivity contribution in [2.24, 2.45) is 0 Å². The summed E-state index contributed by atoms with van der Waals surface area (Å²) in [7, 11) is 0. The van der Waals surface area contributed by atoms with Crippen LogP contribution in [0.4, 0.5) is 0 Å². The number of halogens is 1. The van der Waals surface area contributed by atoms with Gasteiger partial charge in [0, 0.05) is 17.7 Å². The molecule has 0 saturated heterocycles. The summed E-state index contributed by atoms with van der Waals surface area (Å²) in [5, 5.41) is 1.10. The summed E-state index contributed by atoms with van der Waals surface area (Å²) in [6.45, 7) is 1.63. The number of hydrogen-bond acceptors (Lipinski definition) is 2. The minimum atomic E-state index is 0.223. The van der Waals surface area contributed by atoms with Gasteiger partial charge < -0.3 is 0 Å². The highest BCUT2D eigenvalue weighted by molar-refractivity contribution is 8.13. The number of hydrogen-bond donors (Lipinski definition) is 0. The predicted octanol–water partition coefficient (Wildman–Crippen LogP) is 4.72. The van der Waals surface area contributed by atoms with Crippen LogP contribution in [0, 0.1) is 0 Å². The van der Waals surface area contributed by atoms with Crippen LogP contribution in [-0.2, 0) is 11.2 Å². The molecule has 0 saturated carbocycles. The van der Waals surface area contributed by atoms with Gasteiger partial charge in [-0.15, -0.1) is 0 Å². The van der Waals surface area contributed by atoms with Gasteiger partial charge in [-0.05, 0) is 30.9 Å². The molecular weight excluding hydrogens is 252 g/mol. The molecule has 0 aromatic heterocycles. The molecule has 0 aliphatic rings. The third-order valence-electron chi connectivity index (χ3n) is 2.60. The van der Waals surface area contributed by atoms with E-state index in [1.54, 1.807) is 6.92 Å². The molecule has 17 heavy (non-hydrogen) atoms. The van der Waals surface area contributed by atoms with Gasteiger partial charge in [0.25, 0.3) is 0 Å². The van der Waals surface area contributed by atoms with E-state index in [1.807, 2.05) is 18.2 Å². The molecule has 0 aliphatic heterocycles. The maximum Gasteiger partial charge on any atom is 0.185 e. The molecular formula is C14H19ClOS. The average Bonchev–Trinajstić information content (AvgIpc) is 2.30. The maximum atomic E-state index is 10.7. The second-order valence-electron chi connectivity index (χ2n) is 4.10. The Balaban J connectivity index is 2.05. The van der Waals surface area contributed by atoms with E-state index in [0.717, 1.165) is 23.6 Å². The van der Waals surface area contributed by atoms with E-state index in [1.165, 1.54) is 36.6 Å². The van der Waals surface area contributed by atoms with Crippen molar-refractivity contribution in [1.29, 1.82) is 0 Å². The van der Waals surface area contributed by atoms with E-state index in [2.05, 4.69) is 6.07 Å². The molecule has 0 amide bonds. The van der Waals surface area contributed by atoms with Crippen molar-refractivity contribution < 1.29 is 4.79 Å². The minimum absolute atomic E-state index is 0.223. The normalized spacial score (nSPS) is 10.5. The Bertz CT molecular complexity index is 352. The fraction of sp³-hybridized carbons (Fsp3) is 0.500. The van der Waals surface area contributed by atoms with Crippen molar-refractivity contribution in [2.45, 2.75) is 39.0 Å². The highest BCUT2D eigenvalue weighted by Gasteiger charge is 1.99. The molecule has 3 heteroatoms. The number of benzene rings is 1. The van der Waals surface area contributed by atoms with Gasteiger partial charge in [0.1, 0.15) is 0 Å². The first-order valence-corrected chi connectivity index (χ1v) is 7.43. The molecule has 0 spiro atoms. The molecule has 0 unspecified atom stereocenters. The first-order chi connectivity index (χ1) is 8.20. The number of rotatable bonds is 7. The van der Waals surface area contributed by atoms with Crippen LogP contribution in [0.15, 0.2) is 24.3 Å². The minimum Gasteiger partial charge on any atom is -0.288 e. The predicted molar refractivity (Wildman–Crippen MR) is 76.8 cm³/mol. The second kappa shape index (κ2) is 8.60. The van der Waals surface area contributed by atoms with E-state index in [0.29, 0.717) is 0 Å². The third-order valence-corrected chi connectivity index (χ3v) is 3.87. The lowest BCUT2D eigenvalue weighted by Gasteiger charge is -2.03. The number of thioether (sulfide) groups is 1. The quantitative estimate of drug-likeness (QED) is 0.667. The van der Waals surface area contributed by atoms with Gasteiger partial charge in [-0.25, -0.2) is 0 Å². The van der Waals surface area contributed by atoms with E-state index in [9.17, 15) is 4.79 Å². The summed E-state index contributed by atoms with van der Waals surface area (Å²) in [6, 6.07) is 8.03. The molecule has 94 valence electrons. The van der Waals surface area contributed by atoms with Crippen LogP contribution in [0.5, 0.6) is 0 Å². The van der Waals surface area contributed by atoms with Crippen LogP contribution < -0.4 is 0 Å². The van der Waals surface area contributed by atoms with Gasteiger partial charge in [0.05, 0.1) is 0 Å². The number of carbonyl (C=O) groups is 1. The van der Waals surface area contributed by atoms with Crippen LogP contribution in [-0.4, -0.2) is 10.9 Å². The summed E-state index contributed by atoms with van der Waals surface area (Å²) in [5.74, 6) is 0.960. The first-order valence-electron chi connectivity index (χ1n) is 6.07. The zero-order valence-electron chi connectivity index (χ0n) is 10.2. The lowest BCUT2D eigenvalue weighted by atomic mass is 10.1. The van der Waals surface area contributed by atoms with Crippen LogP contribution in [0.1, 0.15) is 38.2 Å². The topological polar surface area (TPSA) is 17.1 Å². The second-order valence-corrected chi connectivity index (χ2v) is 5.77. The Morgan fingerprint density at radius 2 is 1.88 bits per heavy atom. The molecule has 0 N–H and O–H groups in total. The molecule has 0 atom stereocenters. The SMILES string of the molecule is CC(=O)SCCCCCCc1ccccc1Cl. The largest absolute Gasteiger partial charge is 0.288 e. The van der Waals surface area contributed by atoms with Crippen molar-refractivity contribution in [3.05, 3.63) is 34.9 Å². The van der Waals surface area contributed by atoms with Crippen LogP contribution in [0.25, 0.3) is 0 Å². The molecule has 1 rings (SSSR count). The van der Waals surface area contributed by atoms with Gasteiger partial charge in [-0.1, -0.05) is 54.4 Å². The summed E-state index contributed by atoms with van der Waals surface area (Å²) < 4.78 is 0. The first kappa shape index (κ1) is 14.6. The van der Waals surface area contributed by atoms with Gasteiger partial charge in [0.2, 0.25) is 0 Å². The van der Waals surface area contributed by atoms with E-state index >= 15 is 0 Å². The molecule has 0 aliphatic carbocycles. The van der Waals surface area contributed by atoms with Gasteiger partial charge >= 0.3 is 0 Å². The summed E-state index contributed by atoms with van der Waals surface area (Å²) in [4.78, 5) is 10.7. The van der Waals surface area contributed by atoms with Crippen molar-refractivity contribution in [1.82, 2.24) is 0 Å². The van der Waals surface area contributed by atoms with E-state index in [4.69, 9.17) is 11.6 Å². The maximum absolute atomic E-state index is 10.7. The van der Waals surface area contributed by atoms with Crippen molar-refractivity contribution in [2.75, 3.05) is 5.75 Å². The Labute approximate surface area is 113 Å². The lowest BCUT2D eigenvalue weighted by molar-refractivity contribution is -0.109. The monoisotopic (exact) mass is 270 g/mol. The molecule has 1 aromatic carbocycles. The lowest BCUT2D eigenvalue weighted by Crippen LogP contribution is -1.89. The summed E-state index contributed by atoms with van der Waals surface area (Å²) >= 11 is 7.51. The molecule has 0 radical (unpaired) electrons. The van der Waals surface area contributed by atoms with Gasteiger partial charge in [-0.3, -0.25) is 4.79 Å². The highest BCUT2D eigenvalue weighted by atomic mass is 35.5. The van der Waals surface area contributed by atoms with Gasteiger partial charge in [-0.2, -0.15) is 0 Å². The molecule has 0 heterocycles. The van der Waals surface area contributed by atoms with Crippen LogP contribution >= 0.6 is 23.4 Å². The molecule has 1 aromatic rings. The summed E-state index contributed by atoms with van der Waals surface area (Å²) in [6.07, 6.45) is 5.77. The van der Waals surface area contributed by atoms with Crippen LogP contribution in [0.3, 0.4) is 0 Å². The van der Waals surface area contributed by atoms with Crippen molar-refractivity contribution in [3.8, 4) is 0 Å². The van der Waals surface area contributed by atoms with Gasteiger partial charge in [0.15, 0.2) is 5.12 Å². The Morgan fingerprint density at radius 1 is 1.18 bits per heavy atom. The van der Waals surface area contributed by atoms with E-state index in [-0.39, 0.29) is 5.12 Å². The summed E-state index contributed by atoms with van der Waals surface area (Å²) in [5.41, 5.74) is 1.24. The fourth-order valence-corrected chi connectivity index (χ4v) is 2.55.